The average molecular weight is 272 g/mol. The van der Waals surface area contributed by atoms with Crippen molar-refractivity contribution in [3.8, 4) is 0 Å². The fourth-order valence-electron chi connectivity index (χ4n) is 0.559. The molecule has 98 valence electrons. The van der Waals surface area contributed by atoms with Crippen LogP contribution in [0.25, 0.3) is 0 Å². The van der Waals surface area contributed by atoms with Gasteiger partial charge in [0.15, 0.2) is 6.67 Å². The Balaban J connectivity index is 4.87. The molecule has 0 rings (SSSR count). The lowest BCUT2D eigenvalue weighted by molar-refractivity contribution is -0.318. The van der Waals surface area contributed by atoms with Crippen LogP contribution in [0.15, 0.2) is 0 Å². The Morgan fingerprint density at radius 2 is 1.75 bits per heavy atom. The van der Waals surface area contributed by atoms with E-state index in [-0.39, 0.29) is 6.61 Å². The first-order valence-electron chi connectivity index (χ1n) is 3.97. The minimum atomic E-state index is -5.29. The van der Waals surface area contributed by atoms with Gasteiger partial charge in [0, 0.05) is 7.11 Å². The van der Waals surface area contributed by atoms with Crippen LogP contribution in [0, 0.1) is 0 Å². The molecule has 0 fully saturated rings. The number of alkyl halides is 5. The summed E-state index contributed by atoms with van der Waals surface area (Å²) in [5.74, 6) is -5.11. The highest BCUT2D eigenvalue weighted by Crippen LogP contribution is 2.55. The van der Waals surface area contributed by atoms with Gasteiger partial charge in [-0.2, -0.15) is 17.6 Å². The Labute approximate surface area is 88.3 Å². The molecule has 1 atom stereocenters. The number of phosphoric acid groups is 1. The summed E-state index contributed by atoms with van der Waals surface area (Å²) in [6.45, 7) is -1.79. The van der Waals surface area contributed by atoms with Crippen molar-refractivity contribution in [1.82, 2.24) is 0 Å². The maximum absolute atomic E-state index is 12.7. The quantitative estimate of drug-likeness (QED) is 0.528. The topological polar surface area (TPSA) is 44.8 Å². The third kappa shape index (κ3) is 3.65. The number of hydrogen-bond donors (Lipinski definition) is 0. The van der Waals surface area contributed by atoms with Crippen LogP contribution in [0.4, 0.5) is 22.0 Å². The van der Waals surface area contributed by atoms with E-state index >= 15 is 0 Å². The largest absolute Gasteiger partial charge is 0.479 e. The second-order valence-electron chi connectivity index (χ2n) is 2.49. The van der Waals surface area contributed by atoms with Crippen LogP contribution in [-0.4, -0.2) is 32.4 Å². The second kappa shape index (κ2) is 5.39. The fourth-order valence-corrected chi connectivity index (χ4v) is 1.52. The number of hydrogen-bond acceptors (Lipinski definition) is 4. The Kier molecular flexibility index (Phi) is 5.31. The first-order valence-corrected chi connectivity index (χ1v) is 5.43. The van der Waals surface area contributed by atoms with Gasteiger partial charge in [0.1, 0.15) is 0 Å². The summed E-state index contributed by atoms with van der Waals surface area (Å²) in [6.07, 6.45) is -5.29. The standard InChI is InChI=1S/C6H10F5O4P/c1-3-14-16(12,13-2)15-6(10,11)5(8,9)4-7/h3-4H2,1-2H3. The lowest BCUT2D eigenvalue weighted by Crippen LogP contribution is -2.44. The maximum Gasteiger partial charge on any atom is 0.479 e. The summed E-state index contributed by atoms with van der Waals surface area (Å²) in [5.41, 5.74) is 0. The SMILES string of the molecule is CCOP(=O)(OC)OC(F)(F)C(F)(F)CF. The molecule has 0 aromatic rings. The normalized spacial score (nSPS) is 17.2. The molecule has 0 aromatic heterocycles. The monoisotopic (exact) mass is 272 g/mol. The fraction of sp³-hybridized carbons (Fsp3) is 1.00. The van der Waals surface area contributed by atoms with Gasteiger partial charge in [-0.25, -0.2) is 13.5 Å². The van der Waals surface area contributed by atoms with E-state index in [2.05, 4.69) is 13.6 Å². The molecule has 4 nitrogen and oxygen atoms in total. The van der Waals surface area contributed by atoms with E-state index in [1.165, 1.54) is 6.92 Å². The number of rotatable bonds is 7. The van der Waals surface area contributed by atoms with Gasteiger partial charge >= 0.3 is 19.9 Å². The summed E-state index contributed by atoms with van der Waals surface area (Å²) >= 11 is 0. The Bertz CT molecular complexity index is 272. The van der Waals surface area contributed by atoms with Crippen molar-refractivity contribution in [2.24, 2.45) is 0 Å². The summed E-state index contributed by atoms with van der Waals surface area (Å²) in [4.78, 5) is 0. The molecule has 0 heterocycles. The van der Waals surface area contributed by atoms with Gasteiger partial charge in [-0.1, -0.05) is 0 Å². The van der Waals surface area contributed by atoms with Crippen molar-refractivity contribution >= 4 is 7.82 Å². The molecule has 0 aliphatic carbocycles. The highest BCUT2D eigenvalue weighted by atomic mass is 31.2. The van der Waals surface area contributed by atoms with Gasteiger partial charge in [-0.05, 0) is 6.92 Å². The van der Waals surface area contributed by atoms with Gasteiger partial charge < -0.3 is 0 Å². The molecule has 0 aliphatic rings. The molecule has 0 aliphatic heterocycles. The number of phosphoric ester groups is 1. The van der Waals surface area contributed by atoms with Gasteiger partial charge in [0.2, 0.25) is 0 Å². The zero-order valence-corrected chi connectivity index (χ0v) is 9.28. The first kappa shape index (κ1) is 15.8. The lowest BCUT2D eigenvalue weighted by atomic mass is 10.3. The van der Waals surface area contributed by atoms with Crippen LogP contribution in [0.1, 0.15) is 6.92 Å². The third-order valence-electron chi connectivity index (χ3n) is 1.33. The predicted octanol–water partition coefficient (Wildman–Crippen LogP) is 2.99. The molecular weight excluding hydrogens is 262 g/mol. The maximum atomic E-state index is 12.7. The van der Waals surface area contributed by atoms with Crippen LogP contribution in [-0.2, 0) is 18.1 Å². The van der Waals surface area contributed by atoms with E-state index in [9.17, 15) is 26.5 Å². The first-order chi connectivity index (χ1) is 7.14. The minimum Gasteiger partial charge on any atom is -0.290 e. The van der Waals surface area contributed by atoms with Gasteiger partial charge in [-0.3, -0.25) is 9.05 Å². The summed E-state index contributed by atoms with van der Waals surface area (Å²) in [6, 6.07) is 0. The van der Waals surface area contributed by atoms with E-state index in [1.54, 1.807) is 0 Å². The molecule has 0 spiro atoms. The van der Waals surface area contributed by atoms with Crippen LogP contribution >= 0.6 is 7.82 Å². The molecule has 0 N–H and O–H groups in total. The minimum absolute atomic E-state index is 0.373. The molecule has 0 amide bonds. The van der Waals surface area contributed by atoms with Crippen molar-refractivity contribution < 1.29 is 40.1 Å². The van der Waals surface area contributed by atoms with Crippen molar-refractivity contribution in [2.75, 3.05) is 20.4 Å². The molecule has 0 radical (unpaired) electrons. The predicted molar refractivity (Wildman–Crippen MR) is 43.2 cm³/mol. The Hall–Kier alpha value is -0.240. The summed E-state index contributed by atoms with van der Waals surface area (Å²) < 4.78 is 84.2. The molecule has 1 unspecified atom stereocenters. The van der Waals surface area contributed by atoms with Crippen LogP contribution in [0.3, 0.4) is 0 Å². The molecule has 0 saturated carbocycles. The van der Waals surface area contributed by atoms with Gasteiger partial charge in [0.05, 0.1) is 6.61 Å². The van der Waals surface area contributed by atoms with Crippen LogP contribution in [0.5, 0.6) is 0 Å². The van der Waals surface area contributed by atoms with Gasteiger partial charge in [0.25, 0.3) is 0 Å². The Morgan fingerprint density at radius 1 is 1.25 bits per heavy atom. The zero-order valence-electron chi connectivity index (χ0n) is 8.38. The van der Waals surface area contributed by atoms with E-state index in [0.29, 0.717) is 7.11 Å². The van der Waals surface area contributed by atoms with E-state index in [4.69, 9.17) is 0 Å². The van der Waals surface area contributed by atoms with Crippen molar-refractivity contribution in [2.45, 2.75) is 19.0 Å². The lowest BCUT2D eigenvalue weighted by Gasteiger charge is -2.26. The van der Waals surface area contributed by atoms with Crippen molar-refractivity contribution in [3.63, 3.8) is 0 Å². The molecule has 10 heteroatoms. The number of halogens is 5. The van der Waals surface area contributed by atoms with Gasteiger partial charge in [-0.15, -0.1) is 0 Å². The average Bonchev–Trinajstić information content (AvgIpc) is 2.17. The second-order valence-corrected chi connectivity index (χ2v) is 4.19. The molecule has 0 saturated heterocycles. The summed E-state index contributed by atoms with van der Waals surface area (Å²) in [7, 11) is -4.16. The smallest absolute Gasteiger partial charge is 0.290 e. The zero-order chi connectivity index (χ0) is 13.0. The van der Waals surface area contributed by atoms with Crippen LogP contribution in [0.2, 0.25) is 0 Å². The molecular formula is C6H10F5O4P. The molecule has 16 heavy (non-hydrogen) atoms. The Morgan fingerprint density at radius 3 is 2.06 bits per heavy atom. The molecule has 0 aromatic carbocycles. The van der Waals surface area contributed by atoms with E-state index in [0.717, 1.165) is 0 Å². The summed E-state index contributed by atoms with van der Waals surface area (Å²) in [5, 5.41) is 0. The van der Waals surface area contributed by atoms with Crippen molar-refractivity contribution in [1.29, 1.82) is 0 Å². The van der Waals surface area contributed by atoms with Crippen molar-refractivity contribution in [3.05, 3.63) is 0 Å². The third-order valence-corrected chi connectivity index (χ3v) is 2.81. The highest BCUT2D eigenvalue weighted by Gasteiger charge is 2.62. The van der Waals surface area contributed by atoms with E-state index in [1.807, 2.05) is 0 Å². The van der Waals surface area contributed by atoms with E-state index < -0.39 is 26.5 Å². The molecule has 0 bridgehead atoms. The van der Waals surface area contributed by atoms with Crippen LogP contribution < -0.4 is 0 Å². The highest BCUT2D eigenvalue weighted by molar-refractivity contribution is 7.48.